The molecule has 0 atom stereocenters. The average Bonchev–Trinajstić information content (AvgIpc) is 2.96. The van der Waals surface area contributed by atoms with E-state index >= 15 is 0 Å². The minimum absolute atomic E-state index is 0.0521. The first kappa shape index (κ1) is 18.4. The van der Waals surface area contributed by atoms with Gasteiger partial charge < -0.3 is 14.7 Å². The zero-order valence-corrected chi connectivity index (χ0v) is 14.6. The second-order valence-corrected chi connectivity index (χ2v) is 6.46. The third-order valence-electron chi connectivity index (χ3n) is 3.66. The van der Waals surface area contributed by atoms with Crippen LogP contribution in [0.3, 0.4) is 0 Å². The van der Waals surface area contributed by atoms with Gasteiger partial charge in [0.2, 0.25) is 0 Å². The quantitative estimate of drug-likeness (QED) is 0.336. The van der Waals surface area contributed by atoms with Crippen LogP contribution in [0.4, 0.5) is 5.69 Å². The van der Waals surface area contributed by atoms with Gasteiger partial charge in [0.15, 0.2) is 5.57 Å². The van der Waals surface area contributed by atoms with Crippen molar-refractivity contribution in [3.63, 3.8) is 0 Å². The summed E-state index contributed by atoms with van der Waals surface area (Å²) in [5.74, 6) is -0.591. The lowest BCUT2D eigenvalue weighted by Gasteiger charge is -2.20. The summed E-state index contributed by atoms with van der Waals surface area (Å²) in [5.41, 5.74) is 1.09. The summed E-state index contributed by atoms with van der Waals surface area (Å²) in [6.07, 6.45) is 3.17. The molecule has 0 aromatic heterocycles. The number of esters is 1. The highest BCUT2D eigenvalue weighted by atomic mass is 32.2. The van der Waals surface area contributed by atoms with Crippen molar-refractivity contribution in [2.45, 2.75) is 37.5 Å². The first-order chi connectivity index (χ1) is 11.7. The number of thioether (sulfide) groups is 1. The molecule has 1 aromatic carbocycles. The molecule has 0 radical (unpaired) electrons. The van der Waals surface area contributed by atoms with Crippen LogP contribution in [0.2, 0.25) is 0 Å². The smallest absolute Gasteiger partial charge is 0.351 e. The van der Waals surface area contributed by atoms with Gasteiger partial charge in [0.1, 0.15) is 11.1 Å². The van der Waals surface area contributed by atoms with E-state index in [1.165, 1.54) is 11.8 Å². The van der Waals surface area contributed by atoms with Gasteiger partial charge in [-0.25, -0.2) is 4.79 Å². The maximum absolute atomic E-state index is 12.3. The Hall–Kier alpha value is -1.97. The molecule has 1 aliphatic heterocycles. The fourth-order valence-electron chi connectivity index (χ4n) is 2.39. The van der Waals surface area contributed by atoms with Gasteiger partial charge in [-0.3, -0.25) is 0 Å². The molecule has 0 saturated carbocycles. The number of hydrogen-bond donors (Lipinski definition) is 1. The van der Waals surface area contributed by atoms with E-state index in [1.807, 2.05) is 35.2 Å². The fraction of sp³-hybridized carbons (Fsp3) is 0.444. The van der Waals surface area contributed by atoms with E-state index in [1.54, 1.807) is 0 Å². The second-order valence-electron chi connectivity index (χ2n) is 5.43. The highest BCUT2D eigenvalue weighted by molar-refractivity contribution is 8.03. The molecule has 1 aromatic rings. The molecule has 0 spiro atoms. The highest BCUT2D eigenvalue weighted by Crippen LogP contribution is 2.47. The Balaban J connectivity index is 2.23. The molecule has 24 heavy (non-hydrogen) atoms. The summed E-state index contributed by atoms with van der Waals surface area (Å²) in [5, 5.41) is 18.9. The molecule has 0 saturated heterocycles. The number of unbranched alkanes of at least 4 members (excludes halogenated alkanes) is 2. The summed E-state index contributed by atoms with van der Waals surface area (Å²) in [7, 11) is 0. The van der Waals surface area contributed by atoms with E-state index in [9.17, 15) is 10.1 Å². The number of aliphatic hydroxyl groups is 1. The molecule has 2 rings (SSSR count). The Labute approximate surface area is 146 Å². The zero-order chi connectivity index (χ0) is 17.4. The van der Waals surface area contributed by atoms with Crippen molar-refractivity contribution in [3.8, 4) is 6.07 Å². The second kappa shape index (κ2) is 9.36. The largest absolute Gasteiger partial charge is 0.462 e. The topological polar surface area (TPSA) is 73.6 Å². The van der Waals surface area contributed by atoms with Crippen molar-refractivity contribution in [3.05, 3.63) is 34.9 Å². The van der Waals surface area contributed by atoms with E-state index in [0.717, 1.165) is 30.0 Å². The lowest BCUT2D eigenvalue weighted by atomic mass is 10.2. The van der Waals surface area contributed by atoms with E-state index in [4.69, 9.17) is 9.84 Å². The predicted octanol–water partition coefficient (Wildman–Crippen LogP) is 3.45. The Morgan fingerprint density at radius 2 is 2.12 bits per heavy atom. The molecule has 0 bridgehead atoms. The third kappa shape index (κ3) is 4.31. The van der Waals surface area contributed by atoms with Crippen molar-refractivity contribution in [1.82, 2.24) is 0 Å². The standard InChI is InChI=1S/C18H22N2O3S/c1-2-3-10-20-15-8-4-5-9-16(15)24-17(20)14(13-19)18(22)23-12-7-6-11-21/h4-5,8-9,21H,2-3,6-7,10-12H2,1H3/b17-14-. The average molecular weight is 346 g/mol. The van der Waals surface area contributed by atoms with Crippen LogP contribution in [-0.4, -0.2) is 30.8 Å². The Kier molecular flexibility index (Phi) is 7.16. The number of nitriles is 1. The van der Waals surface area contributed by atoms with Gasteiger partial charge in [-0.1, -0.05) is 37.2 Å². The first-order valence-corrected chi connectivity index (χ1v) is 9.01. The molecule has 0 unspecified atom stereocenters. The monoisotopic (exact) mass is 346 g/mol. The molecular formula is C18H22N2O3S. The van der Waals surface area contributed by atoms with Crippen molar-refractivity contribution in [2.24, 2.45) is 0 Å². The van der Waals surface area contributed by atoms with Crippen LogP contribution >= 0.6 is 11.8 Å². The number of benzene rings is 1. The number of anilines is 1. The van der Waals surface area contributed by atoms with Crippen LogP contribution in [-0.2, 0) is 9.53 Å². The van der Waals surface area contributed by atoms with Gasteiger partial charge in [-0.2, -0.15) is 5.26 Å². The van der Waals surface area contributed by atoms with Crippen LogP contribution < -0.4 is 4.90 Å². The van der Waals surface area contributed by atoms with Gasteiger partial charge in [0.05, 0.1) is 12.3 Å². The number of rotatable bonds is 8. The van der Waals surface area contributed by atoms with Crippen molar-refractivity contribution >= 4 is 23.4 Å². The Morgan fingerprint density at radius 1 is 1.33 bits per heavy atom. The maximum Gasteiger partial charge on any atom is 0.351 e. The van der Waals surface area contributed by atoms with Crippen molar-refractivity contribution in [1.29, 1.82) is 5.26 Å². The lowest BCUT2D eigenvalue weighted by Crippen LogP contribution is -2.22. The Bertz CT molecular complexity index is 652. The van der Waals surface area contributed by atoms with Gasteiger partial charge in [0.25, 0.3) is 0 Å². The summed E-state index contributed by atoms with van der Waals surface area (Å²) >= 11 is 1.44. The summed E-state index contributed by atoms with van der Waals surface area (Å²) < 4.78 is 5.19. The molecule has 128 valence electrons. The minimum atomic E-state index is -0.591. The number of carbonyl (C=O) groups excluding carboxylic acids is 1. The normalized spacial score (nSPS) is 15.0. The molecule has 6 heteroatoms. The lowest BCUT2D eigenvalue weighted by molar-refractivity contribution is -0.138. The van der Waals surface area contributed by atoms with E-state index in [0.29, 0.717) is 17.9 Å². The molecule has 1 aliphatic rings. The molecule has 0 amide bonds. The highest BCUT2D eigenvalue weighted by Gasteiger charge is 2.30. The molecule has 1 heterocycles. The van der Waals surface area contributed by atoms with Crippen LogP contribution in [0, 0.1) is 11.3 Å². The summed E-state index contributed by atoms with van der Waals surface area (Å²) in [6.45, 7) is 3.15. The van der Waals surface area contributed by atoms with Gasteiger partial charge in [0, 0.05) is 18.0 Å². The van der Waals surface area contributed by atoms with Crippen LogP contribution in [0.1, 0.15) is 32.6 Å². The van der Waals surface area contributed by atoms with Crippen LogP contribution in [0.25, 0.3) is 0 Å². The number of nitrogens with zero attached hydrogens (tertiary/aromatic N) is 2. The van der Waals surface area contributed by atoms with Gasteiger partial charge >= 0.3 is 5.97 Å². The molecule has 5 nitrogen and oxygen atoms in total. The number of fused-ring (bicyclic) bond motifs is 1. The zero-order valence-electron chi connectivity index (χ0n) is 13.8. The van der Waals surface area contributed by atoms with Gasteiger partial charge in [-0.15, -0.1) is 0 Å². The predicted molar refractivity (Wildman–Crippen MR) is 94.5 cm³/mol. The Morgan fingerprint density at radius 3 is 2.83 bits per heavy atom. The number of para-hydroxylation sites is 1. The van der Waals surface area contributed by atoms with E-state index < -0.39 is 5.97 Å². The molecule has 0 fully saturated rings. The molecular weight excluding hydrogens is 324 g/mol. The first-order valence-electron chi connectivity index (χ1n) is 8.19. The van der Waals surface area contributed by atoms with Crippen molar-refractivity contribution < 1.29 is 14.6 Å². The van der Waals surface area contributed by atoms with Crippen molar-refractivity contribution in [2.75, 3.05) is 24.7 Å². The summed E-state index contributed by atoms with van der Waals surface area (Å²) in [4.78, 5) is 15.4. The fourth-order valence-corrected chi connectivity index (χ4v) is 3.56. The summed E-state index contributed by atoms with van der Waals surface area (Å²) in [6, 6.07) is 9.93. The van der Waals surface area contributed by atoms with Crippen LogP contribution in [0.15, 0.2) is 39.8 Å². The maximum atomic E-state index is 12.3. The number of hydrogen-bond acceptors (Lipinski definition) is 6. The van der Waals surface area contributed by atoms with E-state index in [2.05, 4.69) is 6.92 Å². The van der Waals surface area contributed by atoms with Crippen LogP contribution in [0.5, 0.6) is 0 Å². The van der Waals surface area contributed by atoms with Gasteiger partial charge in [-0.05, 0) is 31.4 Å². The number of carbonyl (C=O) groups is 1. The number of aliphatic hydroxyl groups excluding tert-OH is 1. The minimum Gasteiger partial charge on any atom is -0.462 e. The SMILES string of the molecule is CCCCN1/C(=C(\C#N)C(=O)OCCCCO)Sc2ccccc21. The van der Waals surface area contributed by atoms with E-state index in [-0.39, 0.29) is 18.8 Å². The number of ether oxygens (including phenoxy) is 1. The third-order valence-corrected chi connectivity index (χ3v) is 4.84. The molecule has 0 aliphatic carbocycles. The molecule has 1 N–H and O–H groups in total.